The molecule has 0 saturated carbocycles. The maximum Gasteiger partial charge on any atom is 0.408 e. The molecule has 2 amide bonds. The summed E-state index contributed by atoms with van der Waals surface area (Å²) in [7, 11) is 0. The number of fused-ring (bicyclic) bond motifs is 1. The third-order valence-corrected chi connectivity index (χ3v) is 5.27. The van der Waals surface area contributed by atoms with Gasteiger partial charge in [0.25, 0.3) is 0 Å². The Hall–Kier alpha value is -3.59. The van der Waals surface area contributed by atoms with Crippen molar-refractivity contribution in [2.45, 2.75) is 19.6 Å². The predicted octanol–water partition coefficient (Wildman–Crippen LogP) is 3.83. The number of carbonyl (C=O) groups excluding carboxylic acids is 2. The van der Waals surface area contributed by atoms with E-state index >= 15 is 0 Å². The van der Waals surface area contributed by atoms with E-state index in [-0.39, 0.29) is 12.5 Å². The smallest absolute Gasteiger partial charge is 0.408 e. The second-order valence-electron chi connectivity index (χ2n) is 6.81. The number of anilines is 1. The van der Waals surface area contributed by atoms with Gasteiger partial charge in [-0.3, -0.25) is 4.79 Å². The summed E-state index contributed by atoms with van der Waals surface area (Å²) < 4.78 is 16.3. The van der Waals surface area contributed by atoms with Gasteiger partial charge >= 0.3 is 6.09 Å². The molecule has 0 fully saturated rings. The number of aromatic nitrogens is 1. The van der Waals surface area contributed by atoms with Gasteiger partial charge in [-0.2, -0.15) is 0 Å². The van der Waals surface area contributed by atoms with Gasteiger partial charge in [0.2, 0.25) is 5.91 Å². The van der Waals surface area contributed by atoms with Crippen LogP contribution in [-0.4, -0.2) is 36.2 Å². The number of ether oxygens (including phenoxy) is 3. The van der Waals surface area contributed by atoms with Crippen molar-refractivity contribution in [1.82, 2.24) is 10.3 Å². The van der Waals surface area contributed by atoms with E-state index in [0.717, 1.165) is 11.1 Å². The second kappa shape index (κ2) is 9.48. The minimum absolute atomic E-state index is 0.131. The highest BCUT2D eigenvalue weighted by molar-refractivity contribution is 7.14. The summed E-state index contributed by atoms with van der Waals surface area (Å²) in [6.07, 6.45) is -0.664. The number of nitrogens with one attached hydrogen (secondary N) is 2. The second-order valence-corrected chi connectivity index (χ2v) is 7.67. The molecule has 1 aromatic heterocycles. The van der Waals surface area contributed by atoms with Gasteiger partial charge in [0, 0.05) is 10.9 Å². The molecule has 31 heavy (non-hydrogen) atoms. The van der Waals surface area contributed by atoms with Gasteiger partial charge in [-0.1, -0.05) is 30.3 Å². The van der Waals surface area contributed by atoms with E-state index < -0.39 is 12.1 Å². The zero-order valence-corrected chi connectivity index (χ0v) is 17.6. The molecule has 0 aliphatic carbocycles. The molecule has 9 heteroatoms. The van der Waals surface area contributed by atoms with Gasteiger partial charge in [0.1, 0.15) is 25.9 Å². The highest BCUT2D eigenvalue weighted by Gasteiger charge is 2.19. The Balaban J connectivity index is 1.30. The van der Waals surface area contributed by atoms with E-state index in [0.29, 0.717) is 35.5 Å². The van der Waals surface area contributed by atoms with Crippen LogP contribution in [0.1, 0.15) is 12.5 Å². The molecule has 0 bridgehead atoms. The molecule has 4 rings (SSSR count). The van der Waals surface area contributed by atoms with Crippen LogP contribution in [0.15, 0.2) is 53.9 Å². The Morgan fingerprint density at radius 1 is 1.13 bits per heavy atom. The molecule has 160 valence electrons. The zero-order valence-electron chi connectivity index (χ0n) is 16.8. The lowest BCUT2D eigenvalue weighted by Crippen LogP contribution is -2.41. The van der Waals surface area contributed by atoms with Crippen LogP contribution in [0.25, 0.3) is 11.3 Å². The standard InChI is InChI=1S/C22H21N3O5S/c1-14(23-22(27)30-12-15-5-3-2-4-6-15)20(26)25-21-24-17(13-31-21)16-7-8-18-19(11-16)29-10-9-28-18/h2-8,11,13-14H,9-10,12H2,1H3,(H,23,27)(H,24,25,26)/t14-/m1/s1. The van der Waals surface area contributed by atoms with Crippen LogP contribution in [0.5, 0.6) is 11.5 Å². The van der Waals surface area contributed by atoms with Crippen LogP contribution in [-0.2, 0) is 16.1 Å². The molecular formula is C22H21N3O5S. The van der Waals surface area contributed by atoms with Crippen molar-refractivity contribution < 1.29 is 23.8 Å². The quantitative estimate of drug-likeness (QED) is 0.606. The minimum atomic E-state index is -0.787. The molecule has 8 nitrogen and oxygen atoms in total. The lowest BCUT2D eigenvalue weighted by atomic mass is 10.1. The van der Waals surface area contributed by atoms with Crippen LogP contribution >= 0.6 is 11.3 Å². The summed E-state index contributed by atoms with van der Waals surface area (Å²) in [4.78, 5) is 28.8. The Kier molecular flexibility index (Phi) is 6.32. The van der Waals surface area contributed by atoms with Crippen molar-refractivity contribution in [2.24, 2.45) is 0 Å². The van der Waals surface area contributed by atoms with E-state index in [9.17, 15) is 9.59 Å². The van der Waals surface area contributed by atoms with Crippen molar-refractivity contribution in [1.29, 1.82) is 0 Å². The SMILES string of the molecule is C[C@@H](NC(=O)OCc1ccccc1)C(=O)Nc1nc(-c2ccc3c(c2)OCCO3)cs1. The fraction of sp³-hybridized carbons (Fsp3) is 0.227. The highest BCUT2D eigenvalue weighted by Crippen LogP contribution is 2.35. The molecular weight excluding hydrogens is 418 g/mol. The molecule has 0 saturated heterocycles. The van der Waals surface area contributed by atoms with Crippen molar-refractivity contribution in [3.63, 3.8) is 0 Å². The average molecular weight is 439 g/mol. The fourth-order valence-electron chi connectivity index (χ4n) is 2.89. The predicted molar refractivity (Wildman–Crippen MR) is 116 cm³/mol. The monoisotopic (exact) mass is 439 g/mol. The third kappa shape index (κ3) is 5.32. The van der Waals surface area contributed by atoms with Crippen molar-refractivity contribution in [2.75, 3.05) is 18.5 Å². The summed E-state index contributed by atoms with van der Waals surface area (Å²) in [5.41, 5.74) is 2.43. The Morgan fingerprint density at radius 2 is 1.90 bits per heavy atom. The van der Waals surface area contributed by atoms with Crippen LogP contribution < -0.4 is 20.1 Å². The summed E-state index contributed by atoms with van der Waals surface area (Å²) >= 11 is 1.29. The molecule has 2 heterocycles. The van der Waals surface area contributed by atoms with Crippen LogP contribution in [0.2, 0.25) is 0 Å². The Bertz CT molecular complexity index is 1070. The number of nitrogens with zero attached hydrogens (tertiary/aromatic N) is 1. The molecule has 1 aliphatic heterocycles. The molecule has 1 aliphatic rings. The Labute approximate surface area is 183 Å². The van der Waals surface area contributed by atoms with E-state index in [4.69, 9.17) is 14.2 Å². The number of carbonyl (C=O) groups is 2. The van der Waals surface area contributed by atoms with Crippen LogP contribution in [0, 0.1) is 0 Å². The number of hydrogen-bond acceptors (Lipinski definition) is 7. The summed E-state index contributed by atoms with van der Waals surface area (Å²) in [5.74, 6) is 0.992. The molecule has 3 aromatic rings. The van der Waals surface area contributed by atoms with Crippen molar-refractivity contribution >= 4 is 28.5 Å². The largest absolute Gasteiger partial charge is 0.486 e. The van der Waals surface area contributed by atoms with Gasteiger partial charge in [-0.05, 0) is 30.7 Å². The van der Waals surface area contributed by atoms with Crippen LogP contribution in [0.3, 0.4) is 0 Å². The minimum Gasteiger partial charge on any atom is -0.486 e. The fourth-order valence-corrected chi connectivity index (χ4v) is 3.61. The highest BCUT2D eigenvalue weighted by atomic mass is 32.1. The summed E-state index contributed by atoms with van der Waals surface area (Å²) in [5, 5.41) is 7.50. The first-order valence-corrected chi connectivity index (χ1v) is 10.6. The number of amides is 2. The lowest BCUT2D eigenvalue weighted by Gasteiger charge is -2.18. The molecule has 0 spiro atoms. The molecule has 2 N–H and O–H groups in total. The number of hydrogen-bond donors (Lipinski definition) is 2. The number of alkyl carbamates (subject to hydrolysis) is 1. The lowest BCUT2D eigenvalue weighted by molar-refractivity contribution is -0.117. The summed E-state index contributed by atoms with van der Waals surface area (Å²) in [6.45, 7) is 2.75. The number of thiazole rings is 1. The topological polar surface area (TPSA) is 98.8 Å². The first-order chi connectivity index (χ1) is 15.1. The number of benzene rings is 2. The van der Waals surface area contributed by atoms with Crippen molar-refractivity contribution in [3.05, 3.63) is 59.5 Å². The maximum absolute atomic E-state index is 12.4. The molecule has 1 atom stereocenters. The van der Waals surface area contributed by atoms with E-state index in [1.54, 1.807) is 6.92 Å². The first-order valence-electron chi connectivity index (χ1n) is 9.72. The van der Waals surface area contributed by atoms with E-state index in [1.807, 2.05) is 53.9 Å². The van der Waals surface area contributed by atoms with Crippen LogP contribution in [0.4, 0.5) is 9.93 Å². The van der Waals surface area contributed by atoms with Gasteiger partial charge in [0.15, 0.2) is 16.6 Å². The van der Waals surface area contributed by atoms with Gasteiger partial charge in [0.05, 0.1) is 5.69 Å². The van der Waals surface area contributed by atoms with Crippen molar-refractivity contribution in [3.8, 4) is 22.8 Å². The normalized spacial score (nSPS) is 13.2. The zero-order chi connectivity index (χ0) is 21.6. The molecule has 0 unspecified atom stereocenters. The third-order valence-electron chi connectivity index (χ3n) is 4.51. The van der Waals surface area contributed by atoms with Gasteiger partial charge < -0.3 is 24.8 Å². The Morgan fingerprint density at radius 3 is 2.71 bits per heavy atom. The van der Waals surface area contributed by atoms with E-state index in [2.05, 4.69) is 15.6 Å². The molecule has 2 aromatic carbocycles. The van der Waals surface area contributed by atoms with Gasteiger partial charge in [-0.15, -0.1) is 11.3 Å². The van der Waals surface area contributed by atoms with Gasteiger partial charge in [-0.25, -0.2) is 9.78 Å². The molecule has 0 radical (unpaired) electrons. The summed E-state index contributed by atoms with van der Waals surface area (Å²) in [6, 6.07) is 14.1. The first kappa shape index (κ1) is 20.7. The number of rotatable bonds is 6. The average Bonchev–Trinajstić information content (AvgIpc) is 3.26. The van der Waals surface area contributed by atoms with E-state index in [1.165, 1.54) is 11.3 Å². The maximum atomic E-state index is 12.4.